The molecule has 9 heteroatoms. The molecule has 1 aliphatic rings. The second-order valence-corrected chi connectivity index (χ2v) is 6.98. The lowest BCUT2D eigenvalue weighted by Gasteiger charge is -2.14. The number of hydrogen-bond acceptors (Lipinski definition) is 5. The third-order valence-corrected chi connectivity index (χ3v) is 4.69. The Morgan fingerprint density at radius 2 is 2.10 bits per heavy atom. The van der Waals surface area contributed by atoms with Gasteiger partial charge in [0.1, 0.15) is 11.9 Å². The molecule has 158 valence electrons. The third-order valence-electron chi connectivity index (χ3n) is 4.69. The summed E-state index contributed by atoms with van der Waals surface area (Å²) in [5.74, 6) is -0.715. The minimum atomic E-state index is -0.577. The molecule has 1 fully saturated rings. The predicted octanol–water partition coefficient (Wildman–Crippen LogP) is 3.04. The average Bonchev–Trinajstić information content (AvgIpc) is 3.38. The van der Waals surface area contributed by atoms with Crippen molar-refractivity contribution >= 4 is 29.8 Å². The van der Waals surface area contributed by atoms with Crippen molar-refractivity contribution < 1.29 is 18.7 Å². The van der Waals surface area contributed by atoms with Gasteiger partial charge in [0, 0.05) is 19.3 Å². The number of anilines is 1. The summed E-state index contributed by atoms with van der Waals surface area (Å²) in [6.07, 6.45) is 7.47. The summed E-state index contributed by atoms with van der Waals surface area (Å²) in [6, 6.07) is 10.1. The summed E-state index contributed by atoms with van der Waals surface area (Å²) >= 11 is 0. The molecule has 1 aromatic carbocycles. The smallest absolute Gasteiger partial charge is 0.414 e. The highest BCUT2D eigenvalue weighted by Gasteiger charge is 2.32. The van der Waals surface area contributed by atoms with E-state index in [9.17, 15) is 14.0 Å². The number of hydrogen-bond donors (Lipinski definition) is 1. The minimum absolute atomic E-state index is 0.209. The Balaban J connectivity index is 1.47. The van der Waals surface area contributed by atoms with Crippen molar-refractivity contribution in [3.8, 4) is 5.69 Å². The fraction of sp³-hybridized carbons (Fsp3) is 0.182. The Hall–Kier alpha value is -4.01. The number of halogens is 1. The molecule has 1 N–H and O–H groups in total. The molecular weight excluding hydrogens is 401 g/mol. The largest absolute Gasteiger partial charge is 0.442 e. The number of cyclic esters (lactones) is 1. The molecule has 1 aliphatic heterocycles. The number of rotatable bonds is 6. The maximum Gasteiger partial charge on any atom is 0.414 e. The van der Waals surface area contributed by atoms with E-state index in [1.807, 2.05) is 24.3 Å². The number of carbonyl (C=O) groups excluding carboxylic acids is 2. The van der Waals surface area contributed by atoms with E-state index in [2.05, 4.69) is 15.3 Å². The van der Waals surface area contributed by atoms with Crippen LogP contribution in [-0.4, -0.2) is 45.7 Å². The molecular formula is C22H20FN5O3. The molecule has 0 spiro atoms. The standard InChI is InChI=1S/C22H20FN5O3/c1-15(29)25-11-19-13-28(22(30)31-19)18-7-8-21(20(23)10-18)27-12-17(26-14-27)6-5-16-4-2-3-9-24-16/h2-10,12,14,19H,11,13H2,1H3,(H,25,29)/t19-/m0/s1. The summed E-state index contributed by atoms with van der Waals surface area (Å²) < 4.78 is 21.6. The number of amides is 2. The van der Waals surface area contributed by atoms with Crippen LogP contribution in [0.5, 0.6) is 0 Å². The molecule has 3 aromatic rings. The first-order valence-corrected chi connectivity index (χ1v) is 9.65. The van der Waals surface area contributed by atoms with Crippen LogP contribution in [0.4, 0.5) is 14.9 Å². The summed E-state index contributed by atoms with van der Waals surface area (Å²) in [5, 5.41) is 2.61. The molecule has 2 aromatic heterocycles. The molecule has 0 aliphatic carbocycles. The number of aromatic nitrogens is 3. The zero-order valence-corrected chi connectivity index (χ0v) is 16.7. The SMILES string of the molecule is CC(=O)NC[C@H]1CN(c2ccc(-n3cnc(C=Cc4ccccn4)c3)c(F)c2)C(=O)O1. The van der Waals surface area contributed by atoms with E-state index < -0.39 is 18.0 Å². The number of nitrogens with one attached hydrogen (secondary N) is 1. The number of ether oxygens (including phenoxy) is 1. The highest BCUT2D eigenvalue weighted by Crippen LogP contribution is 2.25. The van der Waals surface area contributed by atoms with E-state index in [0.717, 1.165) is 5.69 Å². The number of nitrogens with zero attached hydrogens (tertiary/aromatic N) is 4. The van der Waals surface area contributed by atoms with Gasteiger partial charge in [0.05, 0.1) is 42.2 Å². The lowest BCUT2D eigenvalue weighted by atomic mass is 10.2. The van der Waals surface area contributed by atoms with Crippen LogP contribution in [-0.2, 0) is 9.53 Å². The molecule has 8 nitrogen and oxygen atoms in total. The van der Waals surface area contributed by atoms with Gasteiger partial charge in [-0.05, 0) is 42.5 Å². The van der Waals surface area contributed by atoms with Gasteiger partial charge < -0.3 is 14.6 Å². The van der Waals surface area contributed by atoms with Gasteiger partial charge >= 0.3 is 6.09 Å². The monoisotopic (exact) mass is 421 g/mol. The second kappa shape index (κ2) is 8.78. The van der Waals surface area contributed by atoms with Crippen LogP contribution < -0.4 is 10.2 Å². The van der Waals surface area contributed by atoms with Gasteiger partial charge in [0.15, 0.2) is 0 Å². The van der Waals surface area contributed by atoms with Crippen LogP contribution in [0.25, 0.3) is 17.8 Å². The normalized spacial score (nSPS) is 16.0. The molecule has 31 heavy (non-hydrogen) atoms. The summed E-state index contributed by atoms with van der Waals surface area (Å²) in [7, 11) is 0. The maximum absolute atomic E-state index is 14.8. The van der Waals surface area contributed by atoms with Crippen LogP contribution in [0.2, 0.25) is 0 Å². The number of carbonyl (C=O) groups is 2. The van der Waals surface area contributed by atoms with E-state index in [-0.39, 0.29) is 19.0 Å². The molecule has 3 heterocycles. The van der Waals surface area contributed by atoms with Crippen LogP contribution in [0.15, 0.2) is 55.1 Å². The zero-order chi connectivity index (χ0) is 21.8. The topological polar surface area (TPSA) is 89.4 Å². The van der Waals surface area contributed by atoms with Crippen molar-refractivity contribution in [2.75, 3.05) is 18.0 Å². The van der Waals surface area contributed by atoms with Crippen molar-refractivity contribution in [1.82, 2.24) is 19.9 Å². The highest BCUT2D eigenvalue weighted by molar-refractivity contribution is 5.90. The lowest BCUT2D eigenvalue weighted by Crippen LogP contribution is -2.33. The highest BCUT2D eigenvalue weighted by atomic mass is 19.1. The Morgan fingerprint density at radius 3 is 2.84 bits per heavy atom. The van der Waals surface area contributed by atoms with E-state index in [4.69, 9.17) is 4.74 Å². The van der Waals surface area contributed by atoms with E-state index in [0.29, 0.717) is 17.1 Å². The number of pyridine rings is 1. The third kappa shape index (κ3) is 4.77. The maximum atomic E-state index is 14.8. The fourth-order valence-corrected chi connectivity index (χ4v) is 3.17. The molecule has 0 saturated carbocycles. The van der Waals surface area contributed by atoms with Crippen LogP contribution in [0.1, 0.15) is 18.3 Å². The van der Waals surface area contributed by atoms with Gasteiger partial charge in [0.25, 0.3) is 0 Å². The first-order valence-electron chi connectivity index (χ1n) is 9.65. The molecule has 2 amide bonds. The predicted molar refractivity (Wildman–Crippen MR) is 113 cm³/mol. The van der Waals surface area contributed by atoms with Crippen LogP contribution >= 0.6 is 0 Å². The van der Waals surface area contributed by atoms with Crippen molar-refractivity contribution in [2.45, 2.75) is 13.0 Å². The summed E-state index contributed by atoms with van der Waals surface area (Å²) in [4.78, 5) is 33.0. The first kappa shape index (κ1) is 20.3. The summed E-state index contributed by atoms with van der Waals surface area (Å²) in [5.41, 5.74) is 2.13. The van der Waals surface area contributed by atoms with Crippen molar-refractivity contribution in [3.63, 3.8) is 0 Å². The number of benzene rings is 1. The Labute approximate surface area is 178 Å². The van der Waals surface area contributed by atoms with Crippen molar-refractivity contribution in [2.24, 2.45) is 0 Å². The quantitative estimate of drug-likeness (QED) is 0.661. The van der Waals surface area contributed by atoms with E-state index >= 15 is 0 Å². The summed E-state index contributed by atoms with van der Waals surface area (Å²) in [6.45, 7) is 1.83. The van der Waals surface area contributed by atoms with Crippen LogP contribution in [0.3, 0.4) is 0 Å². The Bertz CT molecular complexity index is 1130. The molecule has 0 radical (unpaired) electrons. The van der Waals surface area contributed by atoms with Crippen molar-refractivity contribution in [1.29, 1.82) is 0 Å². The first-order chi connectivity index (χ1) is 15.0. The van der Waals surface area contributed by atoms with Gasteiger partial charge in [-0.2, -0.15) is 0 Å². The molecule has 1 saturated heterocycles. The zero-order valence-electron chi connectivity index (χ0n) is 16.7. The molecule has 1 atom stereocenters. The van der Waals surface area contributed by atoms with Gasteiger partial charge in [-0.15, -0.1) is 0 Å². The number of imidazole rings is 1. The lowest BCUT2D eigenvalue weighted by molar-refractivity contribution is -0.119. The van der Waals surface area contributed by atoms with E-state index in [1.165, 1.54) is 24.2 Å². The van der Waals surface area contributed by atoms with Crippen LogP contribution in [0, 0.1) is 5.82 Å². The van der Waals surface area contributed by atoms with Gasteiger partial charge in [-0.25, -0.2) is 14.2 Å². The molecule has 4 rings (SSSR count). The fourth-order valence-electron chi connectivity index (χ4n) is 3.17. The molecule has 0 unspecified atom stereocenters. The second-order valence-electron chi connectivity index (χ2n) is 6.98. The molecule has 0 bridgehead atoms. The average molecular weight is 421 g/mol. The van der Waals surface area contributed by atoms with Gasteiger partial charge in [0.2, 0.25) is 5.91 Å². The van der Waals surface area contributed by atoms with Gasteiger partial charge in [-0.3, -0.25) is 14.7 Å². The van der Waals surface area contributed by atoms with Crippen molar-refractivity contribution in [3.05, 3.63) is 72.3 Å². The minimum Gasteiger partial charge on any atom is -0.442 e. The Morgan fingerprint density at radius 1 is 1.26 bits per heavy atom. The van der Waals surface area contributed by atoms with Gasteiger partial charge in [-0.1, -0.05) is 6.07 Å². The van der Waals surface area contributed by atoms with E-state index in [1.54, 1.807) is 35.2 Å². The Kier molecular flexibility index (Phi) is 5.74.